The maximum atomic E-state index is 11.8. The Kier molecular flexibility index (Phi) is 3.14. The number of nitrogen functional groups attached to an aromatic ring is 1. The second kappa shape index (κ2) is 4.39. The maximum Gasteiger partial charge on any atom is 0.264 e. The van der Waals surface area contributed by atoms with Gasteiger partial charge in [0, 0.05) is 18.4 Å². The van der Waals surface area contributed by atoms with Crippen molar-refractivity contribution in [1.29, 1.82) is 0 Å². The normalized spacial score (nSPS) is 17.1. The maximum absolute atomic E-state index is 11.8. The van der Waals surface area contributed by atoms with Gasteiger partial charge in [-0.1, -0.05) is 12.8 Å². The highest BCUT2D eigenvalue weighted by atomic mass is 79.9. The number of rotatable bonds is 2. The van der Waals surface area contributed by atoms with Gasteiger partial charge in [-0.15, -0.1) is 0 Å². The van der Waals surface area contributed by atoms with E-state index >= 15 is 0 Å². The van der Waals surface area contributed by atoms with E-state index in [1.807, 2.05) is 0 Å². The molecule has 2 rings (SSSR count). The average Bonchev–Trinajstić information content (AvgIpc) is 2.66. The number of halogens is 1. The van der Waals surface area contributed by atoms with Crippen LogP contribution in [0.5, 0.6) is 0 Å². The van der Waals surface area contributed by atoms with Crippen LogP contribution >= 0.6 is 15.9 Å². The third-order valence-electron chi connectivity index (χ3n) is 2.99. The zero-order valence-corrected chi connectivity index (χ0v) is 10.2. The standard InChI is InChI=1S/C11H15BrN2O/c12-10-5-9(13)7-14(11(10)15)6-8-3-1-2-4-8/h5,7-8H,1-4,6,13H2. The molecule has 0 saturated heterocycles. The second-order valence-corrected chi connectivity index (χ2v) is 5.08. The van der Waals surface area contributed by atoms with Crippen LogP contribution in [0.2, 0.25) is 0 Å². The summed E-state index contributed by atoms with van der Waals surface area (Å²) in [4.78, 5) is 11.8. The summed E-state index contributed by atoms with van der Waals surface area (Å²) in [6.45, 7) is 0.808. The fraction of sp³-hybridized carbons (Fsp3) is 0.545. The Balaban J connectivity index is 2.23. The lowest BCUT2D eigenvalue weighted by Gasteiger charge is -2.12. The molecule has 1 saturated carbocycles. The third kappa shape index (κ3) is 2.43. The van der Waals surface area contributed by atoms with Crippen molar-refractivity contribution in [2.75, 3.05) is 5.73 Å². The number of hydrogen-bond donors (Lipinski definition) is 1. The van der Waals surface area contributed by atoms with Gasteiger partial charge in [0.15, 0.2) is 0 Å². The molecular formula is C11H15BrN2O. The lowest BCUT2D eigenvalue weighted by molar-refractivity contribution is 0.449. The monoisotopic (exact) mass is 270 g/mol. The predicted octanol–water partition coefficient (Wildman–Crippen LogP) is 2.38. The molecule has 0 aromatic carbocycles. The molecule has 1 heterocycles. The molecule has 1 aromatic heterocycles. The Hall–Kier alpha value is -0.770. The van der Waals surface area contributed by atoms with E-state index in [-0.39, 0.29) is 5.56 Å². The highest BCUT2D eigenvalue weighted by molar-refractivity contribution is 9.10. The Morgan fingerprint density at radius 3 is 2.80 bits per heavy atom. The van der Waals surface area contributed by atoms with Crippen molar-refractivity contribution in [2.24, 2.45) is 5.92 Å². The first-order chi connectivity index (χ1) is 7.16. The fourth-order valence-corrected chi connectivity index (χ4v) is 2.72. The third-order valence-corrected chi connectivity index (χ3v) is 3.56. The van der Waals surface area contributed by atoms with Crippen LogP contribution in [0, 0.1) is 5.92 Å². The van der Waals surface area contributed by atoms with Crippen LogP contribution in [-0.4, -0.2) is 4.57 Å². The van der Waals surface area contributed by atoms with Crippen LogP contribution in [-0.2, 0) is 6.54 Å². The molecule has 1 aliphatic carbocycles. The van der Waals surface area contributed by atoms with Crippen LogP contribution < -0.4 is 11.3 Å². The molecular weight excluding hydrogens is 256 g/mol. The van der Waals surface area contributed by atoms with E-state index < -0.39 is 0 Å². The zero-order valence-electron chi connectivity index (χ0n) is 8.58. The molecule has 3 nitrogen and oxygen atoms in total. The number of aromatic nitrogens is 1. The SMILES string of the molecule is Nc1cc(Br)c(=O)n(CC2CCCC2)c1. The van der Waals surface area contributed by atoms with E-state index in [0.717, 1.165) is 6.54 Å². The van der Waals surface area contributed by atoms with Crippen LogP contribution in [0.15, 0.2) is 21.5 Å². The molecule has 2 N–H and O–H groups in total. The Labute approximate surface area is 97.4 Å². The molecule has 0 amide bonds. The molecule has 0 aliphatic heterocycles. The predicted molar refractivity (Wildman–Crippen MR) is 64.8 cm³/mol. The van der Waals surface area contributed by atoms with Gasteiger partial charge in [0.25, 0.3) is 5.56 Å². The van der Waals surface area contributed by atoms with Crippen molar-refractivity contribution < 1.29 is 0 Å². The first kappa shape index (κ1) is 10.7. The minimum absolute atomic E-state index is 0.0242. The van der Waals surface area contributed by atoms with Gasteiger partial charge in [-0.25, -0.2) is 0 Å². The van der Waals surface area contributed by atoms with E-state index in [0.29, 0.717) is 16.1 Å². The number of hydrogen-bond acceptors (Lipinski definition) is 2. The van der Waals surface area contributed by atoms with Gasteiger partial charge in [0.2, 0.25) is 0 Å². The van der Waals surface area contributed by atoms with Crippen molar-refractivity contribution in [2.45, 2.75) is 32.2 Å². The molecule has 0 bridgehead atoms. The van der Waals surface area contributed by atoms with Gasteiger partial charge in [-0.05, 0) is 40.8 Å². The summed E-state index contributed by atoms with van der Waals surface area (Å²) < 4.78 is 2.29. The molecule has 82 valence electrons. The molecule has 15 heavy (non-hydrogen) atoms. The minimum atomic E-state index is 0.0242. The Morgan fingerprint density at radius 1 is 1.47 bits per heavy atom. The second-order valence-electron chi connectivity index (χ2n) is 4.23. The number of nitrogens with zero attached hydrogens (tertiary/aromatic N) is 1. The van der Waals surface area contributed by atoms with Gasteiger partial charge in [-0.2, -0.15) is 0 Å². The number of pyridine rings is 1. The largest absolute Gasteiger partial charge is 0.398 e. The van der Waals surface area contributed by atoms with Crippen molar-refractivity contribution >= 4 is 21.6 Å². The molecule has 1 fully saturated rings. The first-order valence-corrected chi connectivity index (χ1v) is 6.11. The molecule has 0 unspecified atom stereocenters. The zero-order chi connectivity index (χ0) is 10.8. The van der Waals surface area contributed by atoms with Crippen LogP contribution in [0.4, 0.5) is 5.69 Å². The summed E-state index contributed by atoms with van der Waals surface area (Å²) in [7, 11) is 0. The summed E-state index contributed by atoms with van der Waals surface area (Å²) >= 11 is 3.23. The molecule has 0 spiro atoms. The van der Waals surface area contributed by atoms with E-state index in [4.69, 9.17) is 5.73 Å². The van der Waals surface area contributed by atoms with Crippen LogP contribution in [0.1, 0.15) is 25.7 Å². The number of nitrogens with two attached hydrogens (primary N) is 1. The smallest absolute Gasteiger partial charge is 0.264 e. The highest BCUT2D eigenvalue weighted by Gasteiger charge is 2.16. The van der Waals surface area contributed by atoms with E-state index in [9.17, 15) is 4.79 Å². The summed E-state index contributed by atoms with van der Waals surface area (Å²) in [5, 5.41) is 0. The summed E-state index contributed by atoms with van der Waals surface area (Å²) in [6.07, 6.45) is 6.80. The fourth-order valence-electron chi connectivity index (χ4n) is 2.23. The van der Waals surface area contributed by atoms with Crippen LogP contribution in [0.3, 0.4) is 0 Å². The highest BCUT2D eigenvalue weighted by Crippen LogP contribution is 2.26. The first-order valence-electron chi connectivity index (χ1n) is 5.32. The number of anilines is 1. The van der Waals surface area contributed by atoms with Crippen molar-refractivity contribution in [1.82, 2.24) is 4.57 Å². The van der Waals surface area contributed by atoms with E-state index in [1.165, 1.54) is 25.7 Å². The minimum Gasteiger partial charge on any atom is -0.398 e. The Bertz CT molecular complexity index is 408. The molecule has 1 aromatic rings. The van der Waals surface area contributed by atoms with Crippen molar-refractivity contribution in [3.8, 4) is 0 Å². The summed E-state index contributed by atoms with van der Waals surface area (Å²) in [5.41, 5.74) is 6.38. The van der Waals surface area contributed by atoms with Gasteiger partial charge in [0.1, 0.15) is 0 Å². The summed E-state index contributed by atoms with van der Waals surface area (Å²) in [5.74, 6) is 0.649. The van der Waals surface area contributed by atoms with Gasteiger partial charge in [-0.3, -0.25) is 4.79 Å². The summed E-state index contributed by atoms with van der Waals surface area (Å²) in [6, 6.07) is 1.66. The van der Waals surface area contributed by atoms with Crippen LogP contribution in [0.25, 0.3) is 0 Å². The molecule has 4 heteroatoms. The Morgan fingerprint density at radius 2 is 2.13 bits per heavy atom. The van der Waals surface area contributed by atoms with Crippen molar-refractivity contribution in [3.63, 3.8) is 0 Å². The molecule has 0 atom stereocenters. The average molecular weight is 271 g/mol. The quantitative estimate of drug-likeness (QED) is 0.897. The van der Waals surface area contributed by atoms with Gasteiger partial charge in [0.05, 0.1) is 4.47 Å². The van der Waals surface area contributed by atoms with E-state index in [1.54, 1.807) is 16.8 Å². The lowest BCUT2D eigenvalue weighted by Crippen LogP contribution is -2.23. The van der Waals surface area contributed by atoms with Gasteiger partial charge >= 0.3 is 0 Å². The van der Waals surface area contributed by atoms with Crippen molar-refractivity contribution in [3.05, 3.63) is 27.1 Å². The lowest BCUT2D eigenvalue weighted by atomic mass is 10.1. The topological polar surface area (TPSA) is 48.0 Å². The molecule has 0 radical (unpaired) electrons. The van der Waals surface area contributed by atoms with Gasteiger partial charge < -0.3 is 10.3 Å². The van der Waals surface area contributed by atoms with E-state index in [2.05, 4.69) is 15.9 Å². The molecule has 1 aliphatic rings.